The summed E-state index contributed by atoms with van der Waals surface area (Å²) < 4.78 is 41.6. The molecule has 1 unspecified atom stereocenters. The van der Waals surface area contributed by atoms with Crippen LogP contribution in [-0.2, 0) is 9.53 Å². The van der Waals surface area contributed by atoms with Crippen LogP contribution in [-0.4, -0.2) is 50.7 Å². The first-order chi connectivity index (χ1) is 7.37. The van der Waals surface area contributed by atoms with Gasteiger partial charge in [-0.2, -0.15) is 13.2 Å². The van der Waals surface area contributed by atoms with Gasteiger partial charge in [0.15, 0.2) is 0 Å². The summed E-state index contributed by atoms with van der Waals surface area (Å²) in [6.07, 6.45) is -2.18. The van der Waals surface area contributed by atoms with E-state index in [-0.39, 0.29) is 13.2 Å². The summed E-state index contributed by atoms with van der Waals surface area (Å²) in [5.74, 6) is 0. The molecule has 3 nitrogen and oxygen atoms in total. The van der Waals surface area contributed by atoms with E-state index in [0.29, 0.717) is 13.0 Å². The molecule has 1 fully saturated rings. The molecule has 16 heavy (non-hydrogen) atoms. The lowest BCUT2D eigenvalue weighted by atomic mass is 9.83. The molecule has 0 aromatic rings. The standard InChI is InChI=1S/C10H16F3NO2/c1-14(6-10(11,12)13)5-9(7-15)3-2-4-16-8-9/h7H,2-6,8H2,1H3. The minimum absolute atomic E-state index is 0.0933. The van der Waals surface area contributed by atoms with Gasteiger partial charge in [-0.3, -0.25) is 4.90 Å². The molecule has 1 atom stereocenters. The molecule has 1 saturated heterocycles. The summed E-state index contributed by atoms with van der Waals surface area (Å²) in [6, 6.07) is 0. The Morgan fingerprint density at radius 3 is 2.62 bits per heavy atom. The van der Waals surface area contributed by atoms with Crippen molar-refractivity contribution in [1.29, 1.82) is 0 Å². The quantitative estimate of drug-likeness (QED) is 0.696. The van der Waals surface area contributed by atoms with E-state index in [1.807, 2.05) is 0 Å². The third-order valence-electron chi connectivity index (χ3n) is 2.64. The molecule has 1 heterocycles. The maximum absolute atomic E-state index is 12.1. The molecule has 6 heteroatoms. The third-order valence-corrected chi connectivity index (χ3v) is 2.64. The highest BCUT2D eigenvalue weighted by Crippen LogP contribution is 2.28. The number of carbonyl (C=O) groups is 1. The maximum atomic E-state index is 12.1. The van der Waals surface area contributed by atoms with Crippen molar-refractivity contribution in [2.75, 3.05) is 33.4 Å². The topological polar surface area (TPSA) is 29.5 Å². The van der Waals surface area contributed by atoms with Crippen LogP contribution in [0.25, 0.3) is 0 Å². The molecule has 0 N–H and O–H groups in total. The van der Waals surface area contributed by atoms with Gasteiger partial charge in [0.1, 0.15) is 6.29 Å². The van der Waals surface area contributed by atoms with Crippen molar-refractivity contribution in [3.63, 3.8) is 0 Å². The molecule has 0 amide bonds. The summed E-state index contributed by atoms with van der Waals surface area (Å²) >= 11 is 0. The average molecular weight is 239 g/mol. The first kappa shape index (κ1) is 13.4. The number of carbonyl (C=O) groups excluding carboxylic acids is 1. The van der Waals surface area contributed by atoms with Crippen LogP contribution in [0.1, 0.15) is 12.8 Å². The number of rotatable bonds is 4. The molecular weight excluding hydrogens is 223 g/mol. The van der Waals surface area contributed by atoms with Crippen molar-refractivity contribution in [3.05, 3.63) is 0 Å². The Hall–Kier alpha value is -0.620. The van der Waals surface area contributed by atoms with Gasteiger partial charge in [0.05, 0.1) is 18.6 Å². The largest absolute Gasteiger partial charge is 0.401 e. The molecular formula is C10H16F3NO2. The fourth-order valence-corrected chi connectivity index (χ4v) is 2.03. The minimum Gasteiger partial charge on any atom is -0.380 e. The Kier molecular flexibility index (Phi) is 4.32. The van der Waals surface area contributed by atoms with E-state index < -0.39 is 18.1 Å². The van der Waals surface area contributed by atoms with Crippen molar-refractivity contribution < 1.29 is 22.7 Å². The summed E-state index contributed by atoms with van der Waals surface area (Å²) in [5.41, 5.74) is -0.766. The zero-order valence-corrected chi connectivity index (χ0v) is 9.22. The van der Waals surface area contributed by atoms with Crippen LogP contribution < -0.4 is 0 Å². The Morgan fingerprint density at radius 2 is 2.19 bits per heavy atom. The number of ether oxygens (including phenoxy) is 1. The minimum atomic E-state index is -4.23. The van der Waals surface area contributed by atoms with Crippen LogP contribution in [0.2, 0.25) is 0 Å². The highest BCUT2D eigenvalue weighted by atomic mass is 19.4. The SMILES string of the molecule is CN(CC(F)(F)F)CC1(C=O)CCCOC1. The number of nitrogens with zero attached hydrogens (tertiary/aromatic N) is 1. The summed E-state index contributed by atoms with van der Waals surface area (Å²) in [6.45, 7) is -0.101. The van der Waals surface area contributed by atoms with Crippen molar-refractivity contribution >= 4 is 6.29 Å². The first-order valence-corrected chi connectivity index (χ1v) is 5.16. The van der Waals surface area contributed by atoms with Crippen LogP contribution >= 0.6 is 0 Å². The average Bonchev–Trinajstić information content (AvgIpc) is 2.16. The Labute approximate surface area is 92.5 Å². The molecule has 1 aliphatic heterocycles. The van der Waals surface area contributed by atoms with E-state index in [1.54, 1.807) is 0 Å². The first-order valence-electron chi connectivity index (χ1n) is 5.16. The van der Waals surface area contributed by atoms with Gasteiger partial charge in [-0.25, -0.2) is 0 Å². The Morgan fingerprint density at radius 1 is 1.50 bits per heavy atom. The van der Waals surface area contributed by atoms with Gasteiger partial charge in [0.2, 0.25) is 0 Å². The molecule has 1 aliphatic rings. The van der Waals surface area contributed by atoms with E-state index >= 15 is 0 Å². The number of alkyl halides is 3. The number of halogens is 3. The van der Waals surface area contributed by atoms with Gasteiger partial charge in [-0.05, 0) is 19.9 Å². The van der Waals surface area contributed by atoms with Crippen molar-refractivity contribution in [1.82, 2.24) is 4.90 Å². The zero-order chi connectivity index (χ0) is 12.2. The second-order valence-corrected chi connectivity index (χ2v) is 4.42. The van der Waals surface area contributed by atoms with Crippen LogP contribution in [0.5, 0.6) is 0 Å². The molecule has 0 aromatic carbocycles. The lowest BCUT2D eigenvalue weighted by Crippen LogP contribution is -2.45. The molecule has 0 aromatic heterocycles. The summed E-state index contributed by atoms with van der Waals surface area (Å²) in [7, 11) is 1.37. The van der Waals surface area contributed by atoms with Crippen molar-refractivity contribution in [2.24, 2.45) is 5.41 Å². The number of hydrogen-bond acceptors (Lipinski definition) is 3. The molecule has 0 bridgehead atoms. The Bertz CT molecular complexity index is 237. The Balaban J connectivity index is 2.52. The molecule has 0 radical (unpaired) electrons. The fourth-order valence-electron chi connectivity index (χ4n) is 2.03. The summed E-state index contributed by atoms with van der Waals surface area (Å²) in [4.78, 5) is 12.1. The zero-order valence-electron chi connectivity index (χ0n) is 9.22. The van der Waals surface area contributed by atoms with Crippen LogP contribution in [0.15, 0.2) is 0 Å². The fraction of sp³-hybridized carbons (Fsp3) is 0.900. The smallest absolute Gasteiger partial charge is 0.380 e. The monoisotopic (exact) mass is 239 g/mol. The van der Waals surface area contributed by atoms with Gasteiger partial charge in [-0.1, -0.05) is 0 Å². The van der Waals surface area contributed by atoms with E-state index in [0.717, 1.165) is 17.6 Å². The van der Waals surface area contributed by atoms with Crippen LogP contribution in [0, 0.1) is 5.41 Å². The third kappa shape index (κ3) is 4.09. The van der Waals surface area contributed by atoms with Crippen molar-refractivity contribution in [2.45, 2.75) is 19.0 Å². The molecule has 0 spiro atoms. The lowest BCUT2D eigenvalue weighted by Gasteiger charge is -2.35. The number of aldehydes is 1. The maximum Gasteiger partial charge on any atom is 0.401 e. The summed E-state index contributed by atoms with van der Waals surface area (Å²) in [5, 5.41) is 0. The van der Waals surface area contributed by atoms with E-state index in [1.165, 1.54) is 7.05 Å². The van der Waals surface area contributed by atoms with Gasteiger partial charge < -0.3 is 9.53 Å². The van der Waals surface area contributed by atoms with E-state index in [4.69, 9.17) is 4.74 Å². The normalized spacial score (nSPS) is 27.1. The van der Waals surface area contributed by atoms with Gasteiger partial charge in [-0.15, -0.1) is 0 Å². The molecule has 94 valence electrons. The van der Waals surface area contributed by atoms with E-state index in [2.05, 4.69) is 0 Å². The van der Waals surface area contributed by atoms with Crippen molar-refractivity contribution in [3.8, 4) is 0 Å². The highest BCUT2D eigenvalue weighted by molar-refractivity contribution is 5.60. The predicted octanol–water partition coefficient (Wildman–Crippen LogP) is 1.48. The molecule has 0 aliphatic carbocycles. The molecule has 1 rings (SSSR count). The second kappa shape index (κ2) is 5.14. The second-order valence-electron chi connectivity index (χ2n) is 4.42. The highest BCUT2D eigenvalue weighted by Gasteiger charge is 2.37. The number of hydrogen-bond donors (Lipinski definition) is 0. The van der Waals surface area contributed by atoms with Gasteiger partial charge in [0, 0.05) is 13.2 Å². The van der Waals surface area contributed by atoms with Crippen LogP contribution in [0.3, 0.4) is 0 Å². The lowest BCUT2D eigenvalue weighted by molar-refractivity contribution is -0.151. The van der Waals surface area contributed by atoms with Crippen LogP contribution in [0.4, 0.5) is 13.2 Å². The molecule has 0 saturated carbocycles. The predicted molar refractivity (Wildman–Crippen MR) is 52.1 cm³/mol. The van der Waals surface area contributed by atoms with E-state index in [9.17, 15) is 18.0 Å². The van der Waals surface area contributed by atoms with Gasteiger partial charge >= 0.3 is 6.18 Å². The van der Waals surface area contributed by atoms with Gasteiger partial charge in [0.25, 0.3) is 0 Å².